The second kappa shape index (κ2) is 8.52. The van der Waals surface area contributed by atoms with Gasteiger partial charge in [-0.2, -0.15) is 5.26 Å². The van der Waals surface area contributed by atoms with E-state index in [2.05, 4.69) is 0 Å². The summed E-state index contributed by atoms with van der Waals surface area (Å²) in [6.45, 7) is 1.84. The Balaban J connectivity index is 0.000000366. The maximum absolute atomic E-state index is 9.60. The van der Waals surface area contributed by atoms with E-state index < -0.39 is 5.97 Å². The minimum atomic E-state index is -0.711. The lowest BCUT2D eigenvalue weighted by Gasteiger charge is -1.99. The van der Waals surface area contributed by atoms with Crippen LogP contribution in [0.3, 0.4) is 0 Å². The van der Waals surface area contributed by atoms with Gasteiger partial charge in [-0.25, -0.2) is 0 Å². The molecule has 92 valence electrons. The summed E-state index contributed by atoms with van der Waals surface area (Å²) in [4.78, 5) is 9.60. The number of hydrogen-bond acceptors (Lipinski definition) is 3. The third kappa shape index (κ3) is 6.68. The lowest BCUT2D eigenvalue weighted by Crippen LogP contribution is -1.90. The van der Waals surface area contributed by atoms with Gasteiger partial charge in [0.25, 0.3) is 0 Å². The van der Waals surface area contributed by atoms with Crippen molar-refractivity contribution in [3.63, 3.8) is 0 Å². The zero-order valence-corrected chi connectivity index (χ0v) is 13.4. The molecule has 1 aromatic carbocycles. The molecule has 0 fully saturated rings. The van der Waals surface area contributed by atoms with Crippen molar-refractivity contribution in [2.24, 2.45) is 0 Å². The van der Waals surface area contributed by atoms with E-state index in [1.165, 1.54) is 0 Å². The molecule has 0 heterocycles. The molecule has 0 bridgehead atoms. The Hall–Kier alpha value is -0.560. The molecule has 0 aliphatic carbocycles. The summed E-state index contributed by atoms with van der Waals surface area (Å²) in [7, 11) is 0. The number of hydrogen-bond donors (Lipinski definition) is 2. The van der Waals surface area contributed by atoms with Crippen molar-refractivity contribution in [3.05, 3.63) is 24.8 Å². The van der Waals surface area contributed by atoms with Crippen LogP contribution < -0.4 is 0 Å². The molecule has 0 spiro atoms. The molecule has 6 heteroatoms. The first kappa shape index (κ1) is 16.4. The van der Waals surface area contributed by atoms with Crippen LogP contribution in [0.2, 0.25) is 0 Å². The minimum Gasteiger partial charge on any atom is -0.506 e. The number of phenolic OH excluding ortho intramolecular Hbond substituents is 1. The van der Waals surface area contributed by atoms with E-state index >= 15 is 0 Å². The van der Waals surface area contributed by atoms with Crippen LogP contribution in [0.25, 0.3) is 0 Å². The Morgan fingerprint density at radius 3 is 2.12 bits per heavy atom. The molecule has 0 unspecified atom stereocenters. The normalized spacial score (nSPS) is 8.82. The van der Waals surface area contributed by atoms with E-state index in [1.807, 2.05) is 58.2 Å². The first-order valence-corrected chi connectivity index (χ1v) is 6.88. The van der Waals surface area contributed by atoms with Crippen LogP contribution in [0.4, 0.5) is 0 Å². The van der Waals surface area contributed by atoms with E-state index in [0.717, 1.165) is 6.42 Å². The summed E-state index contributed by atoms with van der Waals surface area (Å²) < 4.78 is 1.43. The number of benzene rings is 1. The molecular formula is C11H11I2NO3. The van der Waals surface area contributed by atoms with Crippen LogP contribution in [0, 0.1) is 18.5 Å². The van der Waals surface area contributed by atoms with Crippen molar-refractivity contribution in [1.29, 1.82) is 5.26 Å². The van der Waals surface area contributed by atoms with Crippen LogP contribution in [0.15, 0.2) is 12.1 Å². The van der Waals surface area contributed by atoms with E-state index in [0.29, 0.717) is 19.1 Å². The number of rotatable bonds is 2. The average Bonchev–Trinajstić information content (AvgIpc) is 2.25. The number of carbonyl (C=O) groups is 1. The number of nitrogens with zero attached hydrogens (tertiary/aromatic N) is 1. The Labute approximate surface area is 127 Å². The van der Waals surface area contributed by atoms with Crippen LogP contribution in [0.5, 0.6) is 5.75 Å². The summed E-state index contributed by atoms with van der Waals surface area (Å²) in [5, 5.41) is 25.8. The second-order valence-corrected chi connectivity index (χ2v) is 5.37. The fourth-order valence-corrected chi connectivity index (χ4v) is 2.61. The third-order valence-electron chi connectivity index (χ3n) is 1.61. The molecule has 0 saturated heterocycles. The molecule has 0 aliphatic rings. The average molecular weight is 459 g/mol. The maximum Gasteiger partial charge on any atom is 0.303 e. The van der Waals surface area contributed by atoms with Gasteiger partial charge in [0.1, 0.15) is 5.75 Å². The lowest BCUT2D eigenvalue weighted by molar-refractivity contribution is -0.137. The number of nitriles is 1. The monoisotopic (exact) mass is 459 g/mol. The summed E-state index contributed by atoms with van der Waals surface area (Å²) in [5.41, 5.74) is 0.580. The molecule has 1 rings (SSSR count). The Bertz CT molecular complexity index is 418. The van der Waals surface area contributed by atoms with Crippen molar-refractivity contribution in [2.75, 3.05) is 0 Å². The Morgan fingerprint density at radius 2 is 1.88 bits per heavy atom. The summed E-state index contributed by atoms with van der Waals surface area (Å²) >= 11 is 3.99. The highest BCUT2D eigenvalue weighted by molar-refractivity contribution is 14.1. The summed E-state index contributed by atoms with van der Waals surface area (Å²) in [5.74, 6) is -0.456. The van der Waals surface area contributed by atoms with E-state index in [1.54, 1.807) is 12.1 Å². The van der Waals surface area contributed by atoms with Crippen molar-refractivity contribution in [1.82, 2.24) is 0 Å². The van der Waals surface area contributed by atoms with Crippen LogP contribution in [0.1, 0.15) is 25.3 Å². The molecule has 0 radical (unpaired) electrons. The summed E-state index contributed by atoms with van der Waals surface area (Å²) in [6, 6.07) is 5.32. The zero-order valence-electron chi connectivity index (χ0n) is 9.07. The lowest BCUT2D eigenvalue weighted by atomic mass is 10.2. The predicted molar refractivity (Wildman–Crippen MR) is 80.8 cm³/mol. The number of aliphatic carboxylic acids is 1. The van der Waals surface area contributed by atoms with Crippen molar-refractivity contribution in [2.45, 2.75) is 19.8 Å². The molecule has 4 nitrogen and oxygen atoms in total. The molecule has 0 aliphatic heterocycles. The predicted octanol–water partition coefficient (Wildman–Crippen LogP) is 3.34. The van der Waals surface area contributed by atoms with Crippen LogP contribution in [-0.2, 0) is 4.79 Å². The first-order chi connectivity index (χ1) is 7.92. The first-order valence-electron chi connectivity index (χ1n) is 4.72. The Kier molecular flexibility index (Phi) is 8.24. The minimum absolute atomic E-state index is 0.255. The highest BCUT2D eigenvalue weighted by atomic mass is 127. The summed E-state index contributed by atoms with van der Waals surface area (Å²) in [6.07, 6.45) is 1.02. The molecule has 0 amide bonds. The molecule has 17 heavy (non-hydrogen) atoms. The molecule has 2 N–H and O–H groups in total. The van der Waals surface area contributed by atoms with Crippen LogP contribution >= 0.6 is 45.2 Å². The molecule has 0 saturated carbocycles. The van der Waals surface area contributed by atoms with Crippen molar-refractivity contribution in [3.8, 4) is 11.8 Å². The highest BCUT2D eigenvalue weighted by Crippen LogP contribution is 2.26. The van der Waals surface area contributed by atoms with Gasteiger partial charge in [0, 0.05) is 6.42 Å². The van der Waals surface area contributed by atoms with Crippen molar-refractivity contribution < 1.29 is 15.0 Å². The maximum atomic E-state index is 9.60. The van der Waals surface area contributed by atoms with Gasteiger partial charge in [0.05, 0.1) is 18.8 Å². The van der Waals surface area contributed by atoms with Gasteiger partial charge < -0.3 is 10.2 Å². The topological polar surface area (TPSA) is 81.3 Å². The van der Waals surface area contributed by atoms with Gasteiger partial charge in [-0.1, -0.05) is 6.92 Å². The van der Waals surface area contributed by atoms with E-state index in [4.69, 9.17) is 10.4 Å². The number of halogens is 2. The quantitative estimate of drug-likeness (QED) is 0.666. The van der Waals surface area contributed by atoms with Gasteiger partial charge >= 0.3 is 5.97 Å². The van der Waals surface area contributed by atoms with Gasteiger partial charge in [-0.05, 0) is 63.7 Å². The SMILES string of the molecule is CCCC(=O)O.N#Cc1cc(I)c(O)c(I)c1. The Morgan fingerprint density at radius 1 is 1.41 bits per heavy atom. The molecular weight excluding hydrogens is 448 g/mol. The van der Waals surface area contributed by atoms with Crippen molar-refractivity contribution >= 4 is 51.2 Å². The molecule has 1 aromatic rings. The number of carboxylic acids is 1. The molecule has 0 atom stereocenters. The smallest absolute Gasteiger partial charge is 0.303 e. The molecule has 0 aromatic heterocycles. The number of aromatic hydroxyl groups is 1. The number of phenols is 1. The standard InChI is InChI=1S/C7H3I2NO.C4H8O2/c8-5-1-4(3-10)2-6(9)7(5)11;1-2-3-4(5)6/h1-2,11H;2-3H2,1H3,(H,5,6). The third-order valence-corrected chi connectivity index (χ3v) is 3.25. The zero-order chi connectivity index (χ0) is 13.4. The van der Waals surface area contributed by atoms with E-state index in [9.17, 15) is 9.90 Å². The van der Waals surface area contributed by atoms with Gasteiger partial charge in [-0.15, -0.1) is 0 Å². The fourth-order valence-electron chi connectivity index (χ4n) is 0.844. The van der Waals surface area contributed by atoms with Crippen LogP contribution in [-0.4, -0.2) is 16.2 Å². The van der Waals surface area contributed by atoms with Gasteiger partial charge in [0.2, 0.25) is 0 Å². The number of carboxylic acid groups (broad SMARTS) is 1. The van der Waals surface area contributed by atoms with E-state index in [-0.39, 0.29) is 5.75 Å². The largest absolute Gasteiger partial charge is 0.506 e. The van der Waals surface area contributed by atoms with Gasteiger partial charge in [0.15, 0.2) is 0 Å². The fraction of sp³-hybridized carbons (Fsp3) is 0.273. The second-order valence-electron chi connectivity index (χ2n) is 3.04. The highest BCUT2D eigenvalue weighted by Gasteiger charge is 2.04. The van der Waals surface area contributed by atoms with Gasteiger partial charge in [-0.3, -0.25) is 4.79 Å².